The van der Waals surface area contributed by atoms with Crippen molar-refractivity contribution in [3.8, 4) is 0 Å². The molecule has 1 N–H and O–H groups in total. The van der Waals surface area contributed by atoms with Crippen LogP contribution in [-0.2, 0) is 10.0 Å². The molecule has 0 unspecified atom stereocenters. The molecule has 4 nitrogen and oxygen atoms in total. The molecule has 0 saturated heterocycles. The lowest BCUT2D eigenvalue weighted by molar-refractivity contribution is 0.603. The summed E-state index contributed by atoms with van der Waals surface area (Å²) >= 11 is 4.51. The van der Waals surface area contributed by atoms with Crippen LogP contribution >= 0.6 is 27.3 Å². The SMILES string of the molecule is Cc1ccc(NS(=O)(=O)c2cc(C)c(Br)s2)cn1. The van der Waals surface area contributed by atoms with Gasteiger partial charge < -0.3 is 0 Å². The van der Waals surface area contributed by atoms with Gasteiger partial charge >= 0.3 is 0 Å². The molecule has 2 heterocycles. The number of pyridine rings is 1. The summed E-state index contributed by atoms with van der Waals surface area (Å²) in [6, 6.07) is 5.08. The van der Waals surface area contributed by atoms with Crippen LogP contribution in [0.1, 0.15) is 11.3 Å². The molecule has 0 aromatic carbocycles. The molecule has 2 aromatic rings. The van der Waals surface area contributed by atoms with Gasteiger partial charge in [0, 0.05) is 5.69 Å². The van der Waals surface area contributed by atoms with Crippen LogP contribution in [0.4, 0.5) is 5.69 Å². The molecule has 0 aliphatic rings. The zero-order valence-corrected chi connectivity index (χ0v) is 13.0. The van der Waals surface area contributed by atoms with Gasteiger partial charge in [0.15, 0.2) is 0 Å². The van der Waals surface area contributed by atoms with Crippen LogP contribution in [0.15, 0.2) is 32.4 Å². The molecular weight excluding hydrogens is 336 g/mol. The summed E-state index contributed by atoms with van der Waals surface area (Å²) in [6.45, 7) is 3.70. The molecule has 0 amide bonds. The van der Waals surface area contributed by atoms with Crippen LogP contribution in [0.5, 0.6) is 0 Å². The van der Waals surface area contributed by atoms with Crippen LogP contribution < -0.4 is 4.72 Å². The Morgan fingerprint density at radius 3 is 2.56 bits per heavy atom. The van der Waals surface area contributed by atoms with Gasteiger partial charge in [-0.25, -0.2) is 8.42 Å². The summed E-state index contributed by atoms with van der Waals surface area (Å²) in [4.78, 5) is 4.05. The summed E-state index contributed by atoms with van der Waals surface area (Å²) in [5.41, 5.74) is 2.21. The van der Waals surface area contributed by atoms with Gasteiger partial charge in [0.05, 0.1) is 15.7 Å². The minimum Gasteiger partial charge on any atom is -0.277 e. The molecule has 0 aliphatic carbocycles. The molecule has 2 rings (SSSR count). The minimum absolute atomic E-state index is 0.285. The van der Waals surface area contributed by atoms with E-state index < -0.39 is 10.0 Å². The largest absolute Gasteiger partial charge is 0.277 e. The second-order valence-electron chi connectivity index (χ2n) is 3.82. The molecule has 7 heteroatoms. The Morgan fingerprint density at radius 2 is 2.06 bits per heavy atom. The first kappa shape index (κ1) is 13.5. The third-order valence-corrected chi connectivity index (χ3v) is 6.25. The quantitative estimate of drug-likeness (QED) is 0.927. The van der Waals surface area contributed by atoms with E-state index in [0.717, 1.165) is 15.0 Å². The lowest BCUT2D eigenvalue weighted by Gasteiger charge is -2.05. The van der Waals surface area contributed by atoms with E-state index in [1.165, 1.54) is 17.5 Å². The predicted molar refractivity (Wildman–Crippen MR) is 76.5 cm³/mol. The first-order valence-electron chi connectivity index (χ1n) is 5.10. The van der Waals surface area contributed by atoms with Crippen LogP contribution in [0.2, 0.25) is 0 Å². The fraction of sp³-hybridized carbons (Fsp3) is 0.182. The lowest BCUT2D eigenvalue weighted by Crippen LogP contribution is -2.11. The van der Waals surface area contributed by atoms with Crippen LogP contribution in [0, 0.1) is 13.8 Å². The van der Waals surface area contributed by atoms with Crippen LogP contribution in [0.25, 0.3) is 0 Å². The van der Waals surface area contributed by atoms with Crippen molar-refractivity contribution < 1.29 is 8.42 Å². The van der Waals surface area contributed by atoms with Crippen molar-refractivity contribution >= 4 is 43.0 Å². The maximum absolute atomic E-state index is 12.1. The number of hydrogen-bond acceptors (Lipinski definition) is 4. The summed E-state index contributed by atoms with van der Waals surface area (Å²) < 4.78 is 27.8. The number of aryl methyl sites for hydroxylation is 2. The lowest BCUT2D eigenvalue weighted by atomic mass is 10.4. The third-order valence-electron chi connectivity index (χ3n) is 2.26. The summed E-state index contributed by atoms with van der Waals surface area (Å²) in [5.74, 6) is 0. The van der Waals surface area contributed by atoms with Crippen molar-refractivity contribution in [1.82, 2.24) is 4.98 Å². The van der Waals surface area contributed by atoms with Gasteiger partial charge in [0.2, 0.25) is 0 Å². The Balaban J connectivity index is 2.29. The number of nitrogens with one attached hydrogen (secondary N) is 1. The Hall–Kier alpha value is -0.920. The van der Waals surface area contributed by atoms with Gasteiger partial charge in [0.1, 0.15) is 4.21 Å². The first-order valence-corrected chi connectivity index (χ1v) is 8.19. The number of hydrogen-bond donors (Lipinski definition) is 1. The monoisotopic (exact) mass is 346 g/mol. The molecule has 0 radical (unpaired) electrons. The molecular formula is C11H11BrN2O2S2. The molecule has 96 valence electrons. The van der Waals surface area contributed by atoms with Crippen molar-refractivity contribution in [3.63, 3.8) is 0 Å². The number of halogens is 1. The molecule has 0 aliphatic heterocycles. The number of anilines is 1. The Kier molecular flexibility index (Phi) is 3.74. The molecule has 0 fully saturated rings. The van der Waals surface area contributed by atoms with E-state index in [0.29, 0.717) is 5.69 Å². The van der Waals surface area contributed by atoms with Gasteiger partial charge in [-0.15, -0.1) is 11.3 Å². The fourth-order valence-corrected chi connectivity index (χ4v) is 4.57. The van der Waals surface area contributed by atoms with Crippen molar-refractivity contribution in [2.45, 2.75) is 18.1 Å². The molecule has 18 heavy (non-hydrogen) atoms. The van der Waals surface area contributed by atoms with E-state index in [2.05, 4.69) is 25.6 Å². The highest BCUT2D eigenvalue weighted by Gasteiger charge is 2.18. The van der Waals surface area contributed by atoms with Crippen molar-refractivity contribution in [2.24, 2.45) is 0 Å². The maximum Gasteiger partial charge on any atom is 0.271 e. The molecule has 0 spiro atoms. The molecule has 0 atom stereocenters. The summed E-state index contributed by atoms with van der Waals surface area (Å²) in [5, 5.41) is 0. The highest BCUT2D eigenvalue weighted by molar-refractivity contribution is 9.11. The average Bonchev–Trinajstić information content (AvgIpc) is 2.63. The third kappa shape index (κ3) is 2.90. The second-order valence-corrected chi connectivity index (χ2v) is 8.10. The Bertz CT molecular complexity index is 643. The zero-order valence-electron chi connectivity index (χ0n) is 9.77. The van der Waals surface area contributed by atoms with Gasteiger partial charge in [-0.3, -0.25) is 9.71 Å². The van der Waals surface area contributed by atoms with Gasteiger partial charge in [-0.2, -0.15) is 0 Å². The number of nitrogens with zero attached hydrogens (tertiary/aromatic N) is 1. The molecule has 0 saturated carbocycles. The van der Waals surface area contributed by atoms with Crippen molar-refractivity contribution in [3.05, 3.63) is 39.4 Å². The first-order chi connectivity index (χ1) is 8.38. The molecule has 0 bridgehead atoms. The van der Waals surface area contributed by atoms with E-state index >= 15 is 0 Å². The van der Waals surface area contributed by atoms with E-state index in [1.54, 1.807) is 18.2 Å². The highest BCUT2D eigenvalue weighted by atomic mass is 79.9. The number of sulfonamides is 1. The topological polar surface area (TPSA) is 59.1 Å². The summed E-state index contributed by atoms with van der Waals surface area (Å²) in [6.07, 6.45) is 1.50. The predicted octanol–water partition coefficient (Wildman–Crippen LogP) is 3.32. The number of rotatable bonds is 3. The van der Waals surface area contributed by atoms with Crippen molar-refractivity contribution in [1.29, 1.82) is 0 Å². The Labute approximate surface area is 118 Å². The highest BCUT2D eigenvalue weighted by Crippen LogP contribution is 2.31. The van der Waals surface area contributed by atoms with Gasteiger partial charge in [-0.1, -0.05) is 0 Å². The van der Waals surface area contributed by atoms with Crippen LogP contribution in [-0.4, -0.2) is 13.4 Å². The average molecular weight is 347 g/mol. The molecule has 2 aromatic heterocycles. The number of aromatic nitrogens is 1. The van der Waals surface area contributed by atoms with E-state index in [4.69, 9.17) is 0 Å². The maximum atomic E-state index is 12.1. The van der Waals surface area contributed by atoms with E-state index in [1.807, 2.05) is 13.8 Å². The van der Waals surface area contributed by atoms with Gasteiger partial charge in [0.25, 0.3) is 10.0 Å². The summed E-state index contributed by atoms with van der Waals surface area (Å²) in [7, 11) is -3.53. The standard InChI is InChI=1S/C11H11BrN2O2S2/c1-7-5-10(17-11(7)12)18(15,16)14-9-4-3-8(2)13-6-9/h3-6,14H,1-2H3. The minimum atomic E-state index is -3.53. The Morgan fingerprint density at radius 1 is 1.33 bits per heavy atom. The smallest absolute Gasteiger partial charge is 0.271 e. The second kappa shape index (κ2) is 4.99. The van der Waals surface area contributed by atoms with Crippen LogP contribution in [0.3, 0.4) is 0 Å². The van der Waals surface area contributed by atoms with Crippen molar-refractivity contribution in [2.75, 3.05) is 4.72 Å². The zero-order chi connectivity index (χ0) is 13.3. The number of thiophene rings is 1. The fourth-order valence-electron chi connectivity index (χ4n) is 1.30. The van der Waals surface area contributed by atoms with E-state index in [-0.39, 0.29) is 4.21 Å². The van der Waals surface area contributed by atoms with Gasteiger partial charge in [-0.05, 0) is 53.5 Å². The van der Waals surface area contributed by atoms with E-state index in [9.17, 15) is 8.42 Å². The normalized spacial score (nSPS) is 11.5.